The number of aromatic nitrogens is 3. The third-order valence-electron chi connectivity index (χ3n) is 6.39. The lowest BCUT2D eigenvalue weighted by molar-refractivity contribution is -0.277. The standard InChI is InChI=1S/C24H20F9N5O3/c25-22(26,27)13-6-4-5-12(9-13)11-38-8-3-1-2-7-21(40,24(31,32)33)20-37-36-18(41-20)17-15(34)10-14(23(28,29)30)16(35-17)19(38)39/h4-6,9-10,40H,1-3,7-8,11,34H2/t21-/m1/s1. The summed E-state index contributed by atoms with van der Waals surface area (Å²) in [7, 11) is 0. The lowest BCUT2D eigenvalue weighted by atomic mass is 9.95. The molecule has 8 nitrogen and oxygen atoms in total. The fourth-order valence-corrected chi connectivity index (χ4v) is 4.26. The number of pyridine rings is 1. The maximum Gasteiger partial charge on any atom is 0.426 e. The van der Waals surface area contributed by atoms with Crippen LogP contribution in [-0.4, -0.2) is 43.8 Å². The van der Waals surface area contributed by atoms with Gasteiger partial charge in [-0.25, -0.2) is 4.98 Å². The maximum atomic E-state index is 13.9. The Kier molecular flexibility index (Phi) is 7.70. The number of amides is 1. The largest absolute Gasteiger partial charge is 0.426 e. The fourth-order valence-electron chi connectivity index (χ4n) is 4.26. The van der Waals surface area contributed by atoms with Crippen LogP contribution in [0.15, 0.2) is 34.7 Å². The van der Waals surface area contributed by atoms with Crippen LogP contribution in [0.2, 0.25) is 0 Å². The van der Waals surface area contributed by atoms with Gasteiger partial charge in [0, 0.05) is 13.1 Å². The molecule has 0 radical (unpaired) electrons. The highest BCUT2D eigenvalue weighted by atomic mass is 19.4. The average Bonchev–Trinajstić information content (AvgIpc) is 3.35. The van der Waals surface area contributed by atoms with Crippen molar-refractivity contribution >= 4 is 11.6 Å². The molecule has 3 N–H and O–H groups in total. The van der Waals surface area contributed by atoms with Gasteiger partial charge in [0.1, 0.15) is 5.69 Å². The van der Waals surface area contributed by atoms with Crippen LogP contribution in [0.3, 0.4) is 0 Å². The minimum absolute atomic E-state index is 0.0711. The topological polar surface area (TPSA) is 118 Å². The lowest BCUT2D eigenvalue weighted by Crippen LogP contribution is -2.42. The van der Waals surface area contributed by atoms with Gasteiger partial charge in [-0.2, -0.15) is 39.5 Å². The van der Waals surface area contributed by atoms with Crippen molar-refractivity contribution in [3.63, 3.8) is 0 Å². The van der Waals surface area contributed by atoms with Crippen LogP contribution in [0, 0.1) is 0 Å². The van der Waals surface area contributed by atoms with Gasteiger partial charge in [0.15, 0.2) is 5.69 Å². The minimum Gasteiger partial charge on any atom is -0.416 e. The Hall–Kier alpha value is -3.89. The number of aliphatic hydroxyl groups is 1. The van der Waals surface area contributed by atoms with Gasteiger partial charge < -0.3 is 20.2 Å². The first-order chi connectivity index (χ1) is 18.9. The smallest absolute Gasteiger partial charge is 0.416 e. The molecule has 0 spiro atoms. The number of hydrogen-bond acceptors (Lipinski definition) is 7. The van der Waals surface area contributed by atoms with Crippen LogP contribution in [0.5, 0.6) is 0 Å². The van der Waals surface area contributed by atoms with Crippen LogP contribution in [-0.2, 0) is 24.5 Å². The molecule has 0 saturated heterocycles. The van der Waals surface area contributed by atoms with Gasteiger partial charge in [-0.05, 0) is 43.0 Å². The summed E-state index contributed by atoms with van der Waals surface area (Å²) in [5.74, 6) is -3.53. The highest BCUT2D eigenvalue weighted by Gasteiger charge is 2.58. The van der Waals surface area contributed by atoms with E-state index < -0.39 is 83.0 Å². The molecule has 0 unspecified atom stereocenters. The van der Waals surface area contributed by atoms with Gasteiger partial charge in [-0.15, -0.1) is 10.2 Å². The monoisotopic (exact) mass is 597 g/mol. The summed E-state index contributed by atoms with van der Waals surface area (Å²) in [4.78, 5) is 17.9. The van der Waals surface area contributed by atoms with Crippen molar-refractivity contribution in [1.82, 2.24) is 20.1 Å². The zero-order valence-corrected chi connectivity index (χ0v) is 20.7. The van der Waals surface area contributed by atoms with Crippen LogP contribution in [0.25, 0.3) is 11.6 Å². The summed E-state index contributed by atoms with van der Waals surface area (Å²) in [6, 6.07) is 4.07. The number of anilines is 1. The molecule has 0 aliphatic carbocycles. The van der Waals surface area contributed by atoms with E-state index in [0.717, 1.165) is 17.0 Å². The molecule has 1 aliphatic heterocycles. The summed E-state index contributed by atoms with van der Waals surface area (Å²) in [5.41, 5.74) is -3.46. The van der Waals surface area contributed by atoms with E-state index in [9.17, 15) is 49.4 Å². The second-order valence-electron chi connectivity index (χ2n) is 9.33. The van der Waals surface area contributed by atoms with Gasteiger partial charge in [0.05, 0.1) is 16.8 Å². The van der Waals surface area contributed by atoms with E-state index in [-0.39, 0.29) is 31.4 Å². The number of nitrogens with zero attached hydrogens (tertiary/aromatic N) is 4. The third kappa shape index (κ3) is 6.08. The van der Waals surface area contributed by atoms with E-state index in [0.29, 0.717) is 12.1 Å². The quantitative estimate of drug-likeness (QED) is 0.363. The van der Waals surface area contributed by atoms with E-state index in [4.69, 9.17) is 10.2 Å². The van der Waals surface area contributed by atoms with Crippen LogP contribution in [0.1, 0.15) is 58.8 Å². The van der Waals surface area contributed by atoms with Crippen LogP contribution < -0.4 is 5.73 Å². The predicted molar refractivity (Wildman–Crippen MR) is 122 cm³/mol. The first kappa shape index (κ1) is 30.1. The van der Waals surface area contributed by atoms with Crippen LogP contribution in [0.4, 0.5) is 45.2 Å². The molecule has 41 heavy (non-hydrogen) atoms. The van der Waals surface area contributed by atoms with Gasteiger partial charge in [-0.3, -0.25) is 4.79 Å². The SMILES string of the molecule is Nc1cc(C(F)(F)F)c2nc1-c1nnc(o1)[C@@](O)(C(F)(F)F)CCCCCN(Cc1cccc(C(F)(F)F)c1)C2=O. The van der Waals surface area contributed by atoms with Gasteiger partial charge >= 0.3 is 18.5 Å². The number of nitrogen functional groups attached to an aromatic ring is 1. The predicted octanol–water partition coefficient (Wildman–Crippen LogP) is 5.72. The number of fused-ring (bicyclic) bond motifs is 5. The number of alkyl halides is 9. The number of rotatable bonds is 2. The van der Waals surface area contributed by atoms with E-state index in [1.807, 2.05) is 0 Å². The Morgan fingerprint density at radius 1 is 0.951 bits per heavy atom. The number of hydrogen-bond donors (Lipinski definition) is 2. The van der Waals surface area contributed by atoms with Gasteiger partial charge in [-0.1, -0.05) is 18.6 Å². The fraction of sp³-hybridized carbons (Fsp3) is 0.417. The Morgan fingerprint density at radius 3 is 2.29 bits per heavy atom. The number of halogens is 9. The summed E-state index contributed by atoms with van der Waals surface area (Å²) in [5, 5.41) is 17.0. The molecule has 3 heterocycles. The zero-order chi connectivity index (χ0) is 30.4. The maximum absolute atomic E-state index is 13.9. The molecular weight excluding hydrogens is 577 g/mol. The van der Waals surface area contributed by atoms with Crippen molar-refractivity contribution in [2.75, 3.05) is 12.3 Å². The second-order valence-corrected chi connectivity index (χ2v) is 9.33. The molecule has 4 rings (SSSR count). The third-order valence-corrected chi connectivity index (χ3v) is 6.39. The first-order valence-corrected chi connectivity index (χ1v) is 11.9. The van der Waals surface area contributed by atoms with E-state index in [1.54, 1.807) is 0 Å². The number of benzene rings is 1. The summed E-state index contributed by atoms with van der Waals surface area (Å²) < 4.78 is 128. The number of carbonyl (C=O) groups excluding carboxylic acids is 1. The highest BCUT2D eigenvalue weighted by molar-refractivity contribution is 5.95. The molecule has 1 atom stereocenters. The summed E-state index contributed by atoms with van der Waals surface area (Å²) >= 11 is 0. The Labute approximate surface area is 225 Å². The normalized spacial score (nSPS) is 19.3. The molecular formula is C24H20F9N5O3. The van der Waals surface area contributed by atoms with Gasteiger partial charge in [0.25, 0.3) is 17.7 Å². The number of carbonyl (C=O) groups is 1. The van der Waals surface area contributed by atoms with Crippen molar-refractivity contribution in [2.24, 2.45) is 0 Å². The van der Waals surface area contributed by atoms with Crippen molar-refractivity contribution < 1.29 is 53.8 Å². The molecule has 1 aromatic carbocycles. The molecule has 1 amide bonds. The molecule has 0 saturated carbocycles. The number of nitrogens with two attached hydrogens (primary N) is 1. The molecule has 4 bridgehead atoms. The molecule has 222 valence electrons. The first-order valence-electron chi connectivity index (χ1n) is 11.9. The second kappa shape index (κ2) is 10.5. The van der Waals surface area contributed by atoms with E-state index in [2.05, 4.69) is 15.2 Å². The molecule has 2 aromatic heterocycles. The van der Waals surface area contributed by atoms with E-state index in [1.165, 1.54) is 6.07 Å². The summed E-state index contributed by atoms with van der Waals surface area (Å²) in [6.45, 7) is -0.949. The van der Waals surface area contributed by atoms with Crippen LogP contribution >= 0.6 is 0 Å². The van der Waals surface area contributed by atoms with Crippen molar-refractivity contribution in [3.05, 3.63) is 58.6 Å². The molecule has 1 aliphatic rings. The van der Waals surface area contributed by atoms with E-state index >= 15 is 0 Å². The minimum atomic E-state index is -5.29. The molecule has 3 aromatic rings. The Bertz CT molecular complexity index is 1440. The average molecular weight is 597 g/mol. The summed E-state index contributed by atoms with van der Waals surface area (Å²) in [6.07, 6.45) is -16.6. The molecule has 17 heteroatoms. The Morgan fingerprint density at radius 2 is 1.66 bits per heavy atom. The Balaban J connectivity index is 1.86. The van der Waals surface area contributed by atoms with Crippen molar-refractivity contribution in [2.45, 2.75) is 56.4 Å². The molecule has 0 fully saturated rings. The van der Waals surface area contributed by atoms with Crippen molar-refractivity contribution in [3.8, 4) is 11.6 Å². The lowest BCUT2D eigenvalue weighted by Gasteiger charge is -2.28. The zero-order valence-electron chi connectivity index (χ0n) is 20.7. The van der Waals surface area contributed by atoms with Crippen molar-refractivity contribution in [1.29, 1.82) is 0 Å². The highest BCUT2D eigenvalue weighted by Crippen LogP contribution is 2.44. The van der Waals surface area contributed by atoms with Gasteiger partial charge in [0.2, 0.25) is 5.60 Å².